The molecule has 1 saturated carbocycles. The van der Waals surface area contributed by atoms with Crippen molar-refractivity contribution in [2.24, 2.45) is 5.92 Å². The first kappa shape index (κ1) is 27.1. The highest BCUT2D eigenvalue weighted by molar-refractivity contribution is 7.70. The van der Waals surface area contributed by atoms with E-state index in [-0.39, 0.29) is 0 Å². The molecule has 2 aliphatic heterocycles. The van der Waals surface area contributed by atoms with Crippen LogP contribution in [0.4, 0.5) is 21.8 Å². The highest BCUT2D eigenvalue weighted by Gasteiger charge is 2.45. The van der Waals surface area contributed by atoms with Gasteiger partial charge in [-0.25, -0.2) is 9.37 Å². The maximum atomic E-state index is 13.9. The fourth-order valence-corrected chi connectivity index (χ4v) is 7.31. The Morgan fingerprint density at radius 3 is 2.61 bits per heavy atom. The Balaban J connectivity index is 1.31. The minimum atomic E-state index is -2.75. The van der Waals surface area contributed by atoms with Gasteiger partial charge in [0.15, 0.2) is 5.82 Å². The van der Waals surface area contributed by atoms with Crippen LogP contribution < -0.4 is 15.9 Å². The fraction of sp³-hybridized carbons (Fsp3) is 0.448. The van der Waals surface area contributed by atoms with Crippen molar-refractivity contribution in [3.8, 4) is 0 Å². The Morgan fingerprint density at radius 2 is 1.95 bits per heavy atom. The van der Waals surface area contributed by atoms with Gasteiger partial charge < -0.3 is 15.2 Å². The van der Waals surface area contributed by atoms with Gasteiger partial charge in [0.25, 0.3) is 0 Å². The third kappa shape index (κ3) is 5.90. The molecule has 4 aliphatic rings. The van der Waals surface area contributed by atoms with Gasteiger partial charge in [0.1, 0.15) is 18.0 Å². The summed E-state index contributed by atoms with van der Waals surface area (Å²) >= 11 is 6.38. The molecule has 3 heterocycles. The Kier molecular flexibility index (Phi) is 7.82. The third-order valence-electron chi connectivity index (χ3n) is 8.01. The van der Waals surface area contributed by atoms with Crippen LogP contribution in [0.15, 0.2) is 60.0 Å². The minimum absolute atomic E-state index is 0.306. The van der Waals surface area contributed by atoms with Crippen molar-refractivity contribution in [2.75, 3.05) is 30.5 Å². The number of aromatic nitrogens is 2. The van der Waals surface area contributed by atoms with Gasteiger partial charge in [0.2, 0.25) is 5.95 Å². The predicted octanol–water partition coefficient (Wildman–Crippen LogP) is 7.10. The fourth-order valence-electron chi connectivity index (χ4n) is 6.03. The summed E-state index contributed by atoms with van der Waals surface area (Å²) in [5, 5.41) is 7.12. The molecule has 0 amide bonds. The van der Waals surface area contributed by atoms with E-state index < -0.39 is 13.0 Å². The number of nitrogens with zero attached hydrogens (tertiary/aromatic N) is 3. The molecule has 202 valence electrons. The van der Waals surface area contributed by atoms with Gasteiger partial charge in [0.05, 0.1) is 11.9 Å². The average Bonchev–Trinajstić information content (AvgIpc) is 3.39. The van der Waals surface area contributed by atoms with Crippen molar-refractivity contribution in [2.45, 2.75) is 57.5 Å². The lowest BCUT2D eigenvalue weighted by atomic mass is 9.86. The van der Waals surface area contributed by atoms with Crippen LogP contribution in [0.5, 0.6) is 0 Å². The highest BCUT2D eigenvalue weighted by Crippen LogP contribution is 2.44. The number of nitrogens with one attached hydrogen (secondary N) is 2. The summed E-state index contributed by atoms with van der Waals surface area (Å²) in [6, 6.07) is 5.63. The van der Waals surface area contributed by atoms with Gasteiger partial charge in [-0.15, -0.1) is 0 Å². The Labute approximate surface area is 229 Å². The number of hydrogen-bond acceptors (Lipinski definition) is 6. The third-order valence-corrected chi connectivity index (χ3v) is 9.81. The van der Waals surface area contributed by atoms with Gasteiger partial charge in [-0.05, 0) is 100 Å². The van der Waals surface area contributed by atoms with E-state index >= 15 is 0 Å². The van der Waals surface area contributed by atoms with E-state index in [0.29, 0.717) is 33.8 Å². The lowest BCUT2D eigenvalue weighted by Crippen LogP contribution is -2.37. The molecule has 1 atom stereocenters. The van der Waals surface area contributed by atoms with E-state index in [0.717, 1.165) is 30.5 Å². The van der Waals surface area contributed by atoms with Crippen molar-refractivity contribution in [3.05, 3.63) is 70.8 Å². The van der Waals surface area contributed by atoms with Crippen molar-refractivity contribution in [3.63, 3.8) is 0 Å². The SMILES string of the molecule is C=CC1=C(/C=C(\C)Nc2ncc(Cl)c(Nc3ccc(F)cc3P(C)(C)=O)n2)CCC(N2CC3CC2C3)CC1. The van der Waals surface area contributed by atoms with Crippen molar-refractivity contribution < 1.29 is 8.96 Å². The summed E-state index contributed by atoms with van der Waals surface area (Å²) in [5.41, 5.74) is 4.04. The summed E-state index contributed by atoms with van der Waals surface area (Å²) < 4.78 is 26.6. The largest absolute Gasteiger partial charge is 0.338 e. The molecule has 2 saturated heterocycles. The van der Waals surface area contributed by atoms with Gasteiger partial charge in [-0.1, -0.05) is 24.3 Å². The maximum absolute atomic E-state index is 13.9. The van der Waals surface area contributed by atoms with Crippen molar-refractivity contribution in [1.82, 2.24) is 14.9 Å². The first-order chi connectivity index (χ1) is 18.1. The molecule has 3 fully saturated rings. The molecule has 0 spiro atoms. The summed E-state index contributed by atoms with van der Waals surface area (Å²) in [5.74, 6) is 1.23. The maximum Gasteiger partial charge on any atom is 0.228 e. The van der Waals surface area contributed by atoms with E-state index in [2.05, 4.69) is 38.2 Å². The summed E-state index contributed by atoms with van der Waals surface area (Å²) in [7, 11) is -2.75. The lowest BCUT2D eigenvalue weighted by molar-refractivity contribution is 0.170. The molecule has 1 unspecified atom stereocenters. The first-order valence-corrected chi connectivity index (χ1v) is 16.3. The second-order valence-corrected chi connectivity index (χ2v) is 14.7. The highest BCUT2D eigenvalue weighted by atomic mass is 35.5. The van der Waals surface area contributed by atoms with Crippen LogP contribution in [0.2, 0.25) is 5.02 Å². The van der Waals surface area contributed by atoms with E-state index in [1.807, 2.05) is 13.0 Å². The molecule has 1 aromatic heterocycles. The lowest BCUT2D eigenvalue weighted by Gasteiger charge is -2.32. The van der Waals surface area contributed by atoms with E-state index in [9.17, 15) is 8.96 Å². The number of anilines is 3. The first-order valence-electron chi connectivity index (χ1n) is 13.3. The zero-order valence-corrected chi connectivity index (χ0v) is 24.0. The molecule has 2 aliphatic carbocycles. The van der Waals surface area contributed by atoms with E-state index in [1.54, 1.807) is 19.4 Å². The molecule has 6 nitrogen and oxygen atoms in total. The number of halogens is 2. The molecule has 2 bridgehead atoms. The summed E-state index contributed by atoms with van der Waals surface area (Å²) in [6.07, 6.45) is 12.9. The normalized spacial score (nSPS) is 24.1. The Bertz CT molecular complexity index is 1350. The zero-order valence-electron chi connectivity index (χ0n) is 22.3. The molecule has 2 N–H and O–H groups in total. The molecular weight excluding hydrogens is 520 g/mol. The second kappa shape index (κ2) is 11.0. The van der Waals surface area contributed by atoms with E-state index in [1.165, 1.54) is 61.7 Å². The van der Waals surface area contributed by atoms with Crippen LogP contribution in [-0.2, 0) is 4.57 Å². The smallest absolute Gasteiger partial charge is 0.228 e. The van der Waals surface area contributed by atoms with Gasteiger partial charge in [-0.2, -0.15) is 4.98 Å². The second-order valence-electron chi connectivity index (χ2n) is 11.2. The van der Waals surface area contributed by atoms with Crippen LogP contribution in [-0.4, -0.2) is 46.8 Å². The van der Waals surface area contributed by atoms with Crippen LogP contribution in [0.3, 0.4) is 0 Å². The summed E-state index contributed by atoms with van der Waals surface area (Å²) in [6.45, 7) is 10.6. The number of rotatable bonds is 8. The molecular formula is C29H36ClFN5OP. The van der Waals surface area contributed by atoms with Crippen LogP contribution >= 0.6 is 18.7 Å². The standard InChI is InChI=1S/C29H36ClFN5OP/c1-5-20-6-9-23(36-17-19-13-24(36)14-19)10-7-21(20)12-18(2)33-29-32-16-25(30)28(35-29)34-26-11-8-22(31)15-27(26)38(3,4)37/h5,8,11-12,15-16,19,23-24H,1,6-7,9-10,13-14,17H2,2-4H3,(H2,32,33,34,35)/b18-12+. The van der Waals surface area contributed by atoms with Crippen LogP contribution in [0.25, 0.3) is 0 Å². The zero-order chi connectivity index (χ0) is 27.0. The van der Waals surface area contributed by atoms with E-state index in [4.69, 9.17) is 11.6 Å². The predicted molar refractivity (Wildman–Crippen MR) is 156 cm³/mol. The molecule has 0 radical (unpaired) electrons. The molecule has 9 heteroatoms. The molecule has 6 rings (SSSR count). The van der Waals surface area contributed by atoms with Crippen LogP contribution in [0, 0.1) is 11.7 Å². The minimum Gasteiger partial charge on any atom is -0.338 e. The van der Waals surface area contributed by atoms with Gasteiger partial charge >= 0.3 is 0 Å². The van der Waals surface area contributed by atoms with Crippen molar-refractivity contribution >= 4 is 41.5 Å². The topological polar surface area (TPSA) is 70.1 Å². The van der Waals surface area contributed by atoms with Gasteiger partial charge in [0, 0.05) is 29.6 Å². The molecule has 38 heavy (non-hydrogen) atoms. The van der Waals surface area contributed by atoms with Crippen molar-refractivity contribution in [1.29, 1.82) is 0 Å². The molecule has 1 aromatic carbocycles. The van der Waals surface area contributed by atoms with Gasteiger partial charge in [-0.3, -0.25) is 4.90 Å². The average molecular weight is 556 g/mol. The number of fused-ring (bicyclic) bond motifs is 1. The summed E-state index contributed by atoms with van der Waals surface area (Å²) in [4.78, 5) is 11.7. The van der Waals surface area contributed by atoms with Crippen LogP contribution in [0.1, 0.15) is 45.4 Å². The quantitative estimate of drug-likeness (QED) is 0.339. The Morgan fingerprint density at radius 1 is 1.21 bits per heavy atom. The number of benzene rings is 1. The monoisotopic (exact) mass is 555 g/mol. The number of allylic oxidation sites excluding steroid dienone is 5. The Hall–Kier alpha value is -2.47. The number of hydrogen-bond donors (Lipinski definition) is 2. The molecule has 2 aromatic rings.